The second-order valence-electron chi connectivity index (χ2n) is 14.0. The van der Waals surface area contributed by atoms with Crippen LogP contribution in [0.3, 0.4) is 0 Å². The minimum Gasteiger partial charge on any atom is -0.493 e. The molecule has 0 bridgehead atoms. The van der Waals surface area contributed by atoms with Crippen molar-refractivity contribution in [2.24, 2.45) is 0 Å². The number of benzene rings is 4. The van der Waals surface area contributed by atoms with Gasteiger partial charge in [0.15, 0.2) is 5.75 Å². The largest absolute Gasteiger partial charge is 0.493 e. The van der Waals surface area contributed by atoms with Gasteiger partial charge in [-0.2, -0.15) is 0 Å². The van der Waals surface area contributed by atoms with E-state index < -0.39 is 0 Å². The summed E-state index contributed by atoms with van der Waals surface area (Å²) in [7, 11) is 0. The number of hydrogen-bond acceptors (Lipinski definition) is 6. The Labute approximate surface area is 325 Å². The average Bonchev–Trinajstić information content (AvgIpc) is 3.19. The summed E-state index contributed by atoms with van der Waals surface area (Å²) >= 11 is 6.64. The lowest BCUT2D eigenvalue weighted by atomic mass is 10.1. The Morgan fingerprint density at radius 1 is 0.778 bits per heavy atom. The minimum atomic E-state index is -0.00310. The highest BCUT2D eigenvalue weighted by atomic mass is 35.5. The molecule has 5 aromatic rings. The number of nitrogens with zero attached hydrogens (tertiary/aromatic N) is 3. The standard InChI is InChI=1S/C46H50ClN3O4/c1-4-5-6-36-15-18-41(19-16-36)52-28-23-37-11-13-38(14-12-37)32-49-24-26-50(27-25-49)45(51)22-17-40-29-35(3)46(43(47)30-40)54-44-21-20-42(31-48-44)53-33-39-9-7-34(2)8-10-39/h7-22,29-31H,4-6,23-28,32-33H2,1-3H3/b22-17+. The zero-order valence-electron chi connectivity index (χ0n) is 31.6. The van der Waals surface area contributed by atoms with Gasteiger partial charge in [0.05, 0.1) is 17.8 Å². The zero-order chi connectivity index (χ0) is 37.7. The number of ether oxygens (including phenoxy) is 3. The summed E-state index contributed by atoms with van der Waals surface area (Å²) in [6.45, 7) is 11.2. The van der Waals surface area contributed by atoms with Gasteiger partial charge in [0.2, 0.25) is 11.8 Å². The van der Waals surface area contributed by atoms with Crippen molar-refractivity contribution < 1.29 is 19.0 Å². The molecule has 1 fully saturated rings. The average molecular weight is 744 g/mol. The molecule has 6 rings (SSSR count). The second-order valence-corrected chi connectivity index (χ2v) is 14.4. The van der Waals surface area contributed by atoms with Crippen LogP contribution in [0.25, 0.3) is 6.08 Å². The van der Waals surface area contributed by atoms with E-state index in [-0.39, 0.29) is 5.91 Å². The van der Waals surface area contributed by atoms with Gasteiger partial charge < -0.3 is 19.1 Å². The number of pyridine rings is 1. The zero-order valence-corrected chi connectivity index (χ0v) is 32.4. The van der Waals surface area contributed by atoms with Gasteiger partial charge in [-0.1, -0.05) is 91.2 Å². The quantitative estimate of drug-likeness (QED) is 0.0938. The van der Waals surface area contributed by atoms with Gasteiger partial charge in [-0.05, 0) is 96.5 Å². The van der Waals surface area contributed by atoms with Gasteiger partial charge in [0.25, 0.3) is 0 Å². The summed E-state index contributed by atoms with van der Waals surface area (Å²) in [4.78, 5) is 21.8. The molecule has 7 nitrogen and oxygen atoms in total. The van der Waals surface area contributed by atoms with E-state index in [0.29, 0.717) is 48.7 Å². The molecule has 4 aromatic carbocycles. The van der Waals surface area contributed by atoms with Crippen LogP contribution in [-0.4, -0.2) is 53.5 Å². The van der Waals surface area contributed by atoms with Crippen molar-refractivity contribution in [2.45, 2.75) is 59.6 Å². The SMILES string of the molecule is CCCCc1ccc(OCCc2ccc(CN3CCN(C(=O)/C=C/c4cc(C)c(Oc5ccc(OCc6ccc(C)cc6)cn5)c(Cl)c4)CC3)cc2)cc1. The Morgan fingerprint density at radius 2 is 1.44 bits per heavy atom. The number of carbonyl (C=O) groups is 1. The van der Waals surface area contributed by atoms with Crippen LogP contribution in [0.1, 0.15) is 58.7 Å². The van der Waals surface area contributed by atoms with Crippen LogP contribution in [0.2, 0.25) is 5.02 Å². The fourth-order valence-corrected chi connectivity index (χ4v) is 6.65. The van der Waals surface area contributed by atoms with E-state index in [1.54, 1.807) is 24.4 Å². The van der Waals surface area contributed by atoms with Crippen molar-refractivity contribution in [3.63, 3.8) is 0 Å². The smallest absolute Gasteiger partial charge is 0.246 e. The molecule has 1 aliphatic heterocycles. The van der Waals surface area contributed by atoms with Crippen molar-refractivity contribution >= 4 is 23.6 Å². The number of aryl methyl sites for hydroxylation is 3. The molecule has 54 heavy (non-hydrogen) atoms. The van der Waals surface area contributed by atoms with Crippen LogP contribution < -0.4 is 14.2 Å². The third-order valence-electron chi connectivity index (χ3n) is 9.63. The molecule has 0 aliphatic carbocycles. The fourth-order valence-electron chi connectivity index (χ4n) is 6.34. The first-order valence-corrected chi connectivity index (χ1v) is 19.3. The van der Waals surface area contributed by atoms with E-state index in [9.17, 15) is 4.79 Å². The van der Waals surface area contributed by atoms with Gasteiger partial charge in [-0.15, -0.1) is 0 Å². The van der Waals surface area contributed by atoms with E-state index in [0.717, 1.165) is 54.9 Å². The molecular formula is C46H50ClN3O4. The van der Waals surface area contributed by atoms with E-state index in [2.05, 4.69) is 96.5 Å². The Morgan fingerprint density at radius 3 is 2.13 bits per heavy atom. The molecular weight excluding hydrogens is 694 g/mol. The summed E-state index contributed by atoms with van der Waals surface area (Å²) in [5.41, 5.74) is 7.88. The van der Waals surface area contributed by atoms with Crippen LogP contribution in [0.15, 0.2) is 109 Å². The number of unbranched alkanes of at least 4 members (excludes halogenated alkanes) is 1. The molecule has 0 atom stereocenters. The molecule has 0 radical (unpaired) electrons. The first-order chi connectivity index (χ1) is 26.3. The number of carbonyl (C=O) groups excluding carboxylic acids is 1. The lowest BCUT2D eigenvalue weighted by molar-refractivity contribution is -0.127. The van der Waals surface area contributed by atoms with Gasteiger partial charge in [-0.25, -0.2) is 4.98 Å². The highest BCUT2D eigenvalue weighted by molar-refractivity contribution is 6.32. The number of rotatable bonds is 16. The maximum atomic E-state index is 13.1. The van der Waals surface area contributed by atoms with Crippen LogP contribution in [-0.2, 0) is 30.8 Å². The number of amides is 1. The Kier molecular flexibility index (Phi) is 13.8. The minimum absolute atomic E-state index is 0.00310. The van der Waals surface area contributed by atoms with Gasteiger partial charge >= 0.3 is 0 Å². The first kappa shape index (κ1) is 38.6. The van der Waals surface area contributed by atoms with Crippen molar-refractivity contribution in [1.82, 2.24) is 14.8 Å². The maximum Gasteiger partial charge on any atom is 0.246 e. The summed E-state index contributed by atoms with van der Waals surface area (Å²) in [6, 6.07) is 32.9. The highest BCUT2D eigenvalue weighted by Gasteiger charge is 2.20. The van der Waals surface area contributed by atoms with Gasteiger partial charge in [0, 0.05) is 51.3 Å². The van der Waals surface area contributed by atoms with E-state index >= 15 is 0 Å². The van der Waals surface area contributed by atoms with E-state index in [1.165, 1.54) is 35.1 Å². The van der Waals surface area contributed by atoms with Crippen molar-refractivity contribution in [1.29, 1.82) is 0 Å². The molecule has 0 unspecified atom stereocenters. The van der Waals surface area contributed by atoms with Crippen molar-refractivity contribution in [3.8, 4) is 23.1 Å². The summed E-state index contributed by atoms with van der Waals surface area (Å²) < 4.78 is 17.9. The molecule has 1 aromatic heterocycles. The van der Waals surface area contributed by atoms with E-state index in [1.807, 2.05) is 30.0 Å². The fraction of sp³-hybridized carbons (Fsp3) is 0.304. The van der Waals surface area contributed by atoms with Gasteiger partial charge in [-0.3, -0.25) is 9.69 Å². The van der Waals surface area contributed by atoms with Crippen LogP contribution >= 0.6 is 11.6 Å². The molecule has 1 amide bonds. The highest BCUT2D eigenvalue weighted by Crippen LogP contribution is 2.34. The predicted molar refractivity (Wildman–Crippen MR) is 218 cm³/mol. The number of piperazine rings is 1. The van der Waals surface area contributed by atoms with Crippen molar-refractivity contribution in [2.75, 3.05) is 32.8 Å². The maximum absolute atomic E-state index is 13.1. The first-order valence-electron chi connectivity index (χ1n) is 18.9. The predicted octanol–water partition coefficient (Wildman–Crippen LogP) is 10.0. The van der Waals surface area contributed by atoms with Crippen LogP contribution in [0, 0.1) is 13.8 Å². The topological polar surface area (TPSA) is 64.1 Å². The van der Waals surface area contributed by atoms with Gasteiger partial charge in [0.1, 0.15) is 18.1 Å². The third kappa shape index (κ3) is 11.4. The normalized spacial score (nSPS) is 13.3. The second kappa shape index (κ2) is 19.3. The van der Waals surface area contributed by atoms with Crippen LogP contribution in [0.4, 0.5) is 0 Å². The molecule has 8 heteroatoms. The lowest BCUT2D eigenvalue weighted by Gasteiger charge is -2.34. The molecule has 2 heterocycles. The van der Waals surface area contributed by atoms with E-state index in [4.69, 9.17) is 25.8 Å². The summed E-state index contributed by atoms with van der Waals surface area (Å²) in [5, 5.41) is 0.446. The monoisotopic (exact) mass is 743 g/mol. The molecule has 280 valence electrons. The Hall–Kier alpha value is -5.11. The number of aromatic nitrogens is 1. The summed E-state index contributed by atoms with van der Waals surface area (Å²) in [5.74, 6) is 2.52. The molecule has 0 N–H and O–H groups in total. The number of halogens is 1. The Balaban J connectivity index is 0.912. The summed E-state index contributed by atoms with van der Waals surface area (Å²) in [6.07, 6.45) is 9.50. The third-order valence-corrected chi connectivity index (χ3v) is 9.91. The van der Waals surface area contributed by atoms with Crippen molar-refractivity contribution in [3.05, 3.63) is 153 Å². The Bertz CT molecular complexity index is 1950. The van der Waals surface area contributed by atoms with Crippen LogP contribution in [0.5, 0.6) is 23.1 Å². The lowest BCUT2D eigenvalue weighted by Crippen LogP contribution is -2.47. The molecule has 0 spiro atoms. The molecule has 1 saturated heterocycles. The number of hydrogen-bond donors (Lipinski definition) is 0. The molecule has 0 saturated carbocycles. The molecule has 1 aliphatic rings.